The Morgan fingerprint density at radius 2 is 0.786 bits per heavy atom. The molecule has 1 rings (SSSR count). The summed E-state index contributed by atoms with van der Waals surface area (Å²) >= 11 is 0. The summed E-state index contributed by atoms with van der Waals surface area (Å²) in [7, 11) is 0. The van der Waals surface area contributed by atoms with Gasteiger partial charge in [-0.2, -0.15) is 0 Å². The maximum Gasteiger partial charge on any atom is 0.306 e. The summed E-state index contributed by atoms with van der Waals surface area (Å²) in [4.78, 5) is 26.7. The van der Waals surface area contributed by atoms with Crippen LogP contribution < -0.4 is 5.32 Å². The molecule has 0 aromatic heterocycles. The van der Waals surface area contributed by atoms with Gasteiger partial charge in [0.2, 0.25) is 5.91 Å². The molecular formula is C73H139NO10. The van der Waals surface area contributed by atoms with Crippen LogP contribution in [-0.4, -0.2) is 99.6 Å². The van der Waals surface area contributed by atoms with Crippen molar-refractivity contribution >= 4 is 11.9 Å². The number of rotatable bonds is 64. The highest BCUT2D eigenvalue weighted by Crippen LogP contribution is 2.27. The van der Waals surface area contributed by atoms with E-state index in [4.69, 9.17) is 14.2 Å². The van der Waals surface area contributed by atoms with E-state index in [0.29, 0.717) is 19.3 Å². The maximum atomic E-state index is 13.5. The molecule has 84 heavy (non-hydrogen) atoms. The zero-order chi connectivity index (χ0) is 61.0. The number of hydrogen-bond donors (Lipinski definition) is 6. The fourth-order valence-electron chi connectivity index (χ4n) is 11.8. The molecule has 11 nitrogen and oxygen atoms in total. The molecule has 1 aliphatic rings. The molecule has 1 saturated heterocycles. The van der Waals surface area contributed by atoms with Gasteiger partial charge in [0.05, 0.1) is 25.4 Å². The summed E-state index contributed by atoms with van der Waals surface area (Å²) in [5, 5.41) is 57.3. The molecule has 6 N–H and O–H groups in total. The Hall–Kier alpha value is -1.86. The van der Waals surface area contributed by atoms with Crippen LogP contribution in [0.15, 0.2) is 24.3 Å². The van der Waals surface area contributed by atoms with Gasteiger partial charge in [0, 0.05) is 6.42 Å². The van der Waals surface area contributed by atoms with Gasteiger partial charge in [-0.25, -0.2) is 0 Å². The summed E-state index contributed by atoms with van der Waals surface area (Å²) in [6.07, 6.45) is 63.7. The minimum absolute atomic E-state index is 0.129. The van der Waals surface area contributed by atoms with Crippen molar-refractivity contribution < 1.29 is 49.3 Å². The van der Waals surface area contributed by atoms with Gasteiger partial charge < -0.3 is 45.1 Å². The van der Waals surface area contributed by atoms with Crippen LogP contribution in [0, 0.1) is 0 Å². The van der Waals surface area contributed by atoms with E-state index in [1.807, 2.05) is 6.08 Å². The summed E-state index contributed by atoms with van der Waals surface area (Å²) in [6, 6.07) is -1.02. The lowest BCUT2D eigenvalue weighted by Crippen LogP contribution is -2.61. The van der Waals surface area contributed by atoms with E-state index in [1.54, 1.807) is 6.08 Å². The van der Waals surface area contributed by atoms with Crippen molar-refractivity contribution in [2.24, 2.45) is 0 Å². The third kappa shape index (κ3) is 48.1. The van der Waals surface area contributed by atoms with E-state index < -0.39 is 67.4 Å². The molecule has 0 aromatic rings. The van der Waals surface area contributed by atoms with E-state index in [-0.39, 0.29) is 13.0 Å². The second kappa shape index (κ2) is 61.4. The largest absolute Gasteiger partial charge is 0.454 e. The molecular weight excluding hydrogens is 1050 g/mol. The van der Waals surface area contributed by atoms with Crippen LogP contribution in [-0.2, 0) is 23.8 Å². The Morgan fingerprint density at radius 1 is 0.452 bits per heavy atom. The second-order valence-electron chi connectivity index (χ2n) is 25.7. The standard InChI is InChI=1S/C73H139NO10/c1-4-7-10-13-16-19-22-25-27-29-31-33-34-35-37-39-41-43-46-49-52-55-58-61-68(78)84-71-70(80)69(79)67(62-75)83-73(71)82-63-64(65(76)59-56-53-50-47-44-24-21-18-15-12-9-6-3)74-72(81)66(77)60-57-54-51-48-45-42-40-38-36-32-30-28-26-23-20-17-14-11-8-5-2/h25,27,56,59,64-67,69-71,73,75-77,79-80H,4-24,26,28-55,57-58,60-63H2,1-3H3,(H,74,81)/b27-25+,59-56+. The lowest BCUT2D eigenvalue weighted by molar-refractivity contribution is -0.305. The van der Waals surface area contributed by atoms with Crippen molar-refractivity contribution in [1.82, 2.24) is 5.32 Å². The van der Waals surface area contributed by atoms with Gasteiger partial charge in [0.15, 0.2) is 12.4 Å². The summed E-state index contributed by atoms with van der Waals surface area (Å²) < 4.78 is 17.7. The quantitative estimate of drug-likeness (QED) is 0.0195. The van der Waals surface area contributed by atoms with E-state index in [0.717, 1.165) is 57.8 Å². The topological polar surface area (TPSA) is 175 Å². The number of unbranched alkanes of at least 4 members (excludes halogenated alkanes) is 48. The van der Waals surface area contributed by atoms with Crippen LogP contribution in [0.1, 0.15) is 367 Å². The third-order valence-corrected chi connectivity index (χ3v) is 17.6. The summed E-state index contributed by atoms with van der Waals surface area (Å²) in [6.45, 7) is 5.85. The smallest absolute Gasteiger partial charge is 0.306 e. The van der Waals surface area contributed by atoms with Gasteiger partial charge in [0.25, 0.3) is 0 Å². The predicted octanol–water partition coefficient (Wildman–Crippen LogP) is 18.8. The van der Waals surface area contributed by atoms with Crippen molar-refractivity contribution in [3.8, 4) is 0 Å². The van der Waals surface area contributed by atoms with Crippen molar-refractivity contribution in [2.45, 2.75) is 416 Å². The van der Waals surface area contributed by atoms with Crippen LogP contribution in [0.2, 0.25) is 0 Å². The van der Waals surface area contributed by atoms with Crippen molar-refractivity contribution in [3.05, 3.63) is 24.3 Å². The Balaban J connectivity index is 2.55. The number of carbonyl (C=O) groups is 2. The number of ether oxygens (including phenoxy) is 3. The first-order chi connectivity index (χ1) is 41.2. The number of amides is 1. The van der Waals surface area contributed by atoms with Gasteiger partial charge >= 0.3 is 5.97 Å². The first-order valence-electron chi connectivity index (χ1n) is 36.6. The normalized spacial score (nSPS) is 18.5. The van der Waals surface area contributed by atoms with E-state index in [9.17, 15) is 35.1 Å². The molecule has 0 aliphatic carbocycles. The number of hydrogen-bond acceptors (Lipinski definition) is 10. The molecule has 0 bridgehead atoms. The van der Waals surface area contributed by atoms with E-state index >= 15 is 0 Å². The maximum absolute atomic E-state index is 13.5. The fraction of sp³-hybridized carbons (Fsp3) is 0.918. The fourth-order valence-corrected chi connectivity index (χ4v) is 11.8. The van der Waals surface area contributed by atoms with Crippen molar-refractivity contribution in [2.75, 3.05) is 13.2 Å². The van der Waals surface area contributed by atoms with E-state index in [2.05, 4.69) is 38.2 Å². The number of aliphatic hydroxyl groups is 5. The second-order valence-corrected chi connectivity index (χ2v) is 25.7. The number of allylic oxidation sites excluding steroid dienone is 3. The summed E-state index contributed by atoms with van der Waals surface area (Å²) in [5.74, 6) is -1.17. The molecule has 8 atom stereocenters. The molecule has 0 aromatic carbocycles. The Labute approximate surface area is 518 Å². The number of carbonyl (C=O) groups excluding carboxylic acids is 2. The highest BCUT2D eigenvalue weighted by molar-refractivity contribution is 5.80. The Morgan fingerprint density at radius 3 is 1.15 bits per heavy atom. The molecule has 496 valence electrons. The van der Waals surface area contributed by atoms with Crippen LogP contribution in [0.3, 0.4) is 0 Å². The van der Waals surface area contributed by atoms with Gasteiger partial charge in [-0.1, -0.05) is 334 Å². The molecule has 0 radical (unpaired) electrons. The van der Waals surface area contributed by atoms with Gasteiger partial charge in [0.1, 0.15) is 24.4 Å². The van der Waals surface area contributed by atoms with Crippen molar-refractivity contribution in [3.63, 3.8) is 0 Å². The highest BCUT2D eigenvalue weighted by Gasteiger charge is 2.47. The average Bonchev–Trinajstić information content (AvgIpc) is 3.65. The van der Waals surface area contributed by atoms with Crippen LogP contribution >= 0.6 is 0 Å². The van der Waals surface area contributed by atoms with Crippen molar-refractivity contribution in [1.29, 1.82) is 0 Å². The Kier molecular flexibility index (Phi) is 58.6. The average molecular weight is 1190 g/mol. The molecule has 11 heteroatoms. The van der Waals surface area contributed by atoms with E-state index in [1.165, 1.54) is 263 Å². The van der Waals surface area contributed by atoms with Gasteiger partial charge in [-0.05, 0) is 51.4 Å². The molecule has 1 heterocycles. The minimum atomic E-state index is -1.61. The molecule has 1 aliphatic heterocycles. The minimum Gasteiger partial charge on any atom is -0.454 e. The van der Waals surface area contributed by atoms with Gasteiger partial charge in [-0.3, -0.25) is 9.59 Å². The zero-order valence-electron chi connectivity index (χ0n) is 55.3. The lowest BCUT2D eigenvalue weighted by Gasteiger charge is -2.41. The molecule has 8 unspecified atom stereocenters. The molecule has 1 amide bonds. The zero-order valence-corrected chi connectivity index (χ0v) is 55.3. The van der Waals surface area contributed by atoms with Crippen LogP contribution in [0.5, 0.6) is 0 Å². The van der Waals surface area contributed by atoms with Gasteiger partial charge in [-0.15, -0.1) is 0 Å². The number of nitrogens with one attached hydrogen (secondary N) is 1. The third-order valence-electron chi connectivity index (χ3n) is 17.6. The first kappa shape index (κ1) is 80.2. The summed E-state index contributed by atoms with van der Waals surface area (Å²) in [5.41, 5.74) is 0. The van der Waals surface area contributed by atoms with Crippen LogP contribution in [0.25, 0.3) is 0 Å². The Bertz CT molecular complexity index is 1460. The SMILES string of the molecule is CCCCCCCC/C=C/CCCCCCCCCCCCCCCC(=O)OC1C(OCC(NC(=O)C(O)CCCCCCCCCCCCCCCCCCCCCC)C(O)/C=C/CCCCCCCCCCCC)OC(CO)C(O)C1O. The molecule has 0 saturated carbocycles. The number of esters is 1. The molecule has 1 fully saturated rings. The number of aliphatic hydroxyl groups excluding tert-OH is 5. The van der Waals surface area contributed by atoms with Crippen LogP contribution in [0.4, 0.5) is 0 Å². The molecule has 0 spiro atoms. The first-order valence-corrected chi connectivity index (χ1v) is 36.6. The monoisotopic (exact) mass is 1190 g/mol. The lowest BCUT2D eigenvalue weighted by atomic mass is 9.99. The predicted molar refractivity (Wildman–Crippen MR) is 352 cm³/mol. The highest BCUT2D eigenvalue weighted by atomic mass is 16.7.